The van der Waals surface area contributed by atoms with Crippen LogP contribution in [0.2, 0.25) is 0 Å². The van der Waals surface area contributed by atoms with Gasteiger partial charge in [-0.3, -0.25) is 9.69 Å². The van der Waals surface area contributed by atoms with Gasteiger partial charge >= 0.3 is 0 Å². The van der Waals surface area contributed by atoms with Crippen molar-refractivity contribution in [2.24, 2.45) is 5.73 Å². The Bertz CT molecular complexity index is 1290. The zero-order chi connectivity index (χ0) is 24.7. The lowest BCUT2D eigenvalue weighted by molar-refractivity contribution is -0.119. The number of piperidine rings is 1. The van der Waals surface area contributed by atoms with Crippen molar-refractivity contribution in [2.45, 2.75) is 31.6 Å². The van der Waals surface area contributed by atoms with Crippen molar-refractivity contribution in [3.63, 3.8) is 0 Å². The number of likely N-dealkylation sites (tertiary alicyclic amines) is 1. The summed E-state index contributed by atoms with van der Waals surface area (Å²) in [6.45, 7) is 3.26. The van der Waals surface area contributed by atoms with Crippen LogP contribution in [-0.4, -0.2) is 36.6 Å². The maximum atomic E-state index is 11.0. The second-order valence-corrected chi connectivity index (χ2v) is 9.47. The summed E-state index contributed by atoms with van der Waals surface area (Å²) in [6, 6.07) is 33.6. The number of primary amides is 1. The van der Waals surface area contributed by atoms with Gasteiger partial charge < -0.3 is 15.2 Å². The highest BCUT2D eigenvalue weighted by atomic mass is 16.5. The first-order valence-corrected chi connectivity index (χ1v) is 12.5. The second-order valence-electron chi connectivity index (χ2n) is 9.47. The van der Waals surface area contributed by atoms with E-state index in [1.54, 1.807) is 0 Å². The van der Waals surface area contributed by atoms with Gasteiger partial charge in [-0.05, 0) is 58.6 Å². The van der Waals surface area contributed by atoms with Crippen molar-refractivity contribution >= 4 is 16.7 Å². The number of carbonyl (C=O) groups excluding carboxylic acids is 1. The third-order valence-electron chi connectivity index (χ3n) is 6.86. The Labute approximate surface area is 212 Å². The van der Waals surface area contributed by atoms with Gasteiger partial charge in [-0.25, -0.2) is 0 Å². The van der Waals surface area contributed by atoms with Crippen LogP contribution in [0.5, 0.6) is 5.75 Å². The summed E-state index contributed by atoms with van der Waals surface area (Å²) in [5.74, 6) is 0.447. The summed E-state index contributed by atoms with van der Waals surface area (Å²) >= 11 is 0. The van der Waals surface area contributed by atoms with Gasteiger partial charge in [0.05, 0.1) is 12.7 Å². The molecule has 2 atom stereocenters. The molecular formula is C31H32N2O3. The minimum absolute atomic E-state index is 0.0614. The third kappa shape index (κ3) is 6.11. The summed E-state index contributed by atoms with van der Waals surface area (Å²) in [7, 11) is 0. The first-order valence-electron chi connectivity index (χ1n) is 12.5. The number of nitrogens with two attached hydrogens (primary N) is 1. The molecule has 1 saturated heterocycles. The fraction of sp³-hybridized carbons (Fsp3) is 0.258. The topological polar surface area (TPSA) is 64.8 Å². The molecule has 5 rings (SSSR count). The highest BCUT2D eigenvalue weighted by Crippen LogP contribution is 2.33. The van der Waals surface area contributed by atoms with Gasteiger partial charge in [0, 0.05) is 19.0 Å². The largest absolute Gasteiger partial charge is 0.484 e. The molecule has 0 bridgehead atoms. The summed E-state index contributed by atoms with van der Waals surface area (Å²) in [4.78, 5) is 13.5. The molecule has 1 fully saturated rings. The summed E-state index contributed by atoms with van der Waals surface area (Å²) in [5.41, 5.74) is 8.93. The van der Waals surface area contributed by atoms with E-state index >= 15 is 0 Å². The van der Waals surface area contributed by atoms with Crippen LogP contribution in [0, 0.1) is 0 Å². The smallest absolute Gasteiger partial charge is 0.255 e. The molecule has 5 nitrogen and oxygen atoms in total. The van der Waals surface area contributed by atoms with Gasteiger partial charge in [0.25, 0.3) is 5.91 Å². The van der Waals surface area contributed by atoms with Gasteiger partial charge in [0.15, 0.2) is 6.61 Å². The highest BCUT2D eigenvalue weighted by molar-refractivity contribution is 5.82. The molecule has 5 heteroatoms. The van der Waals surface area contributed by atoms with Crippen molar-refractivity contribution in [1.29, 1.82) is 0 Å². The monoisotopic (exact) mass is 480 g/mol. The van der Waals surface area contributed by atoms with Crippen LogP contribution in [0.15, 0.2) is 97.1 Å². The zero-order valence-electron chi connectivity index (χ0n) is 20.4. The van der Waals surface area contributed by atoms with Crippen LogP contribution in [-0.2, 0) is 22.7 Å². The van der Waals surface area contributed by atoms with Gasteiger partial charge in [0.2, 0.25) is 0 Å². The lowest BCUT2D eigenvalue weighted by atomic mass is 9.86. The minimum atomic E-state index is -0.480. The van der Waals surface area contributed by atoms with Crippen molar-refractivity contribution in [2.75, 3.05) is 19.7 Å². The van der Waals surface area contributed by atoms with E-state index in [1.165, 1.54) is 27.5 Å². The van der Waals surface area contributed by atoms with E-state index in [1.807, 2.05) is 12.1 Å². The molecule has 1 amide bonds. The lowest BCUT2D eigenvalue weighted by Gasteiger charge is -2.39. The third-order valence-corrected chi connectivity index (χ3v) is 6.86. The van der Waals surface area contributed by atoms with Crippen LogP contribution in [0.25, 0.3) is 10.8 Å². The average molecular weight is 481 g/mol. The number of rotatable bonds is 9. The molecule has 36 heavy (non-hydrogen) atoms. The van der Waals surface area contributed by atoms with Gasteiger partial charge in [0.1, 0.15) is 5.75 Å². The van der Waals surface area contributed by atoms with Crippen LogP contribution in [0.4, 0.5) is 0 Å². The maximum absolute atomic E-state index is 11.0. The number of hydrogen-bond acceptors (Lipinski definition) is 4. The number of amides is 1. The SMILES string of the molecule is NC(=O)COc1ccc(C2CCN(Cc3ccccc3)CC2OCc2ccc3ccccc3c2)cc1. The minimum Gasteiger partial charge on any atom is -0.484 e. The van der Waals surface area contributed by atoms with E-state index in [0.717, 1.165) is 26.1 Å². The number of nitrogens with zero attached hydrogens (tertiary/aromatic N) is 1. The Balaban J connectivity index is 1.31. The quantitative estimate of drug-likeness (QED) is 0.354. The number of fused-ring (bicyclic) bond motifs is 1. The molecule has 1 heterocycles. The fourth-order valence-corrected chi connectivity index (χ4v) is 5.01. The van der Waals surface area contributed by atoms with Crippen molar-refractivity contribution in [1.82, 2.24) is 4.90 Å². The lowest BCUT2D eigenvalue weighted by Crippen LogP contribution is -2.43. The van der Waals surface area contributed by atoms with Gasteiger partial charge in [-0.1, -0.05) is 78.9 Å². The molecule has 0 saturated carbocycles. The molecule has 0 aliphatic carbocycles. The zero-order valence-corrected chi connectivity index (χ0v) is 20.4. The molecule has 0 spiro atoms. The fourth-order valence-electron chi connectivity index (χ4n) is 5.01. The number of ether oxygens (including phenoxy) is 2. The first kappa shape index (κ1) is 24.0. The van der Waals surface area contributed by atoms with Crippen molar-refractivity contribution in [3.8, 4) is 5.75 Å². The Morgan fingerprint density at radius 3 is 2.39 bits per heavy atom. The number of carbonyl (C=O) groups is 1. The van der Waals surface area contributed by atoms with Crippen LogP contribution >= 0.6 is 0 Å². The van der Waals surface area contributed by atoms with E-state index in [2.05, 4.69) is 89.8 Å². The van der Waals surface area contributed by atoms with E-state index in [9.17, 15) is 4.79 Å². The van der Waals surface area contributed by atoms with E-state index < -0.39 is 5.91 Å². The Hall–Kier alpha value is -3.67. The molecule has 0 radical (unpaired) electrons. The summed E-state index contributed by atoms with van der Waals surface area (Å²) in [5, 5.41) is 2.47. The Morgan fingerprint density at radius 1 is 0.861 bits per heavy atom. The van der Waals surface area contributed by atoms with Crippen molar-refractivity contribution in [3.05, 3.63) is 114 Å². The Morgan fingerprint density at radius 2 is 1.61 bits per heavy atom. The van der Waals surface area contributed by atoms with Crippen LogP contribution in [0.1, 0.15) is 29.0 Å². The maximum Gasteiger partial charge on any atom is 0.255 e. The predicted molar refractivity (Wildman–Crippen MR) is 143 cm³/mol. The summed E-state index contributed by atoms with van der Waals surface area (Å²) < 4.78 is 12.1. The first-order chi connectivity index (χ1) is 17.6. The summed E-state index contributed by atoms with van der Waals surface area (Å²) in [6.07, 6.45) is 1.07. The Kier molecular flexibility index (Phi) is 7.60. The molecule has 2 unspecified atom stereocenters. The van der Waals surface area contributed by atoms with Crippen molar-refractivity contribution < 1.29 is 14.3 Å². The standard InChI is InChI=1S/C31H32N2O3/c32-31(34)22-35-28-14-12-26(13-15-28)29-16-17-33(19-23-6-2-1-3-7-23)20-30(29)36-21-24-10-11-25-8-4-5-9-27(25)18-24/h1-15,18,29-30H,16-17,19-22H2,(H2,32,34). The number of hydrogen-bond donors (Lipinski definition) is 1. The molecule has 4 aromatic carbocycles. The molecule has 0 aromatic heterocycles. The van der Waals surface area contributed by atoms with E-state index in [0.29, 0.717) is 12.4 Å². The average Bonchev–Trinajstić information content (AvgIpc) is 2.92. The molecule has 2 N–H and O–H groups in total. The van der Waals surface area contributed by atoms with Gasteiger partial charge in [-0.15, -0.1) is 0 Å². The molecule has 184 valence electrons. The van der Waals surface area contributed by atoms with Crippen LogP contribution < -0.4 is 10.5 Å². The van der Waals surface area contributed by atoms with Crippen LogP contribution in [0.3, 0.4) is 0 Å². The van der Waals surface area contributed by atoms with E-state index in [4.69, 9.17) is 15.2 Å². The second kappa shape index (κ2) is 11.4. The predicted octanol–water partition coefficient (Wildman–Crippen LogP) is 5.28. The number of benzene rings is 4. The van der Waals surface area contributed by atoms with Gasteiger partial charge in [-0.2, -0.15) is 0 Å². The molecule has 4 aromatic rings. The highest BCUT2D eigenvalue weighted by Gasteiger charge is 2.31. The molecular weight excluding hydrogens is 448 g/mol. The molecule has 1 aliphatic rings. The molecule has 1 aliphatic heterocycles. The normalized spacial score (nSPS) is 18.2. The van der Waals surface area contributed by atoms with E-state index in [-0.39, 0.29) is 18.6 Å².